The summed E-state index contributed by atoms with van der Waals surface area (Å²) in [5.41, 5.74) is 12.4. The quantitative estimate of drug-likeness (QED) is 0.163. The Labute approximate surface area is 400 Å². The molecule has 6 amide bonds. The lowest BCUT2D eigenvalue weighted by Crippen LogP contribution is -2.52. The summed E-state index contributed by atoms with van der Waals surface area (Å²) in [4.78, 5) is 84.3. The monoisotopic (exact) mass is 953 g/mol. The van der Waals surface area contributed by atoms with Crippen molar-refractivity contribution in [2.45, 2.75) is 69.6 Å². The van der Waals surface area contributed by atoms with Crippen molar-refractivity contribution in [2.24, 2.45) is 12.8 Å². The van der Waals surface area contributed by atoms with E-state index in [1.165, 1.54) is 27.2 Å². The zero-order chi connectivity index (χ0) is 47.6. The number of aryl methyl sites for hydroxylation is 2. The highest BCUT2D eigenvalue weighted by molar-refractivity contribution is 7.13. The molecule has 69 heavy (non-hydrogen) atoms. The van der Waals surface area contributed by atoms with Crippen LogP contribution in [0.5, 0.6) is 0 Å². The number of halogens is 1. The number of imide groups is 1. The highest BCUT2D eigenvalue weighted by atomic mass is 32.1. The maximum Gasteiger partial charge on any atom is 0.329 e. The maximum absolute atomic E-state index is 16.0. The number of imidazole rings is 1. The van der Waals surface area contributed by atoms with Crippen LogP contribution in [0.25, 0.3) is 22.0 Å². The molecule has 0 aliphatic carbocycles. The third kappa shape index (κ3) is 8.34. The lowest BCUT2D eigenvalue weighted by Gasteiger charge is -2.38. The normalized spacial score (nSPS) is 20.0. The minimum Gasteiger partial charge on any atom is -0.371 e. The van der Waals surface area contributed by atoms with Crippen molar-refractivity contribution in [3.63, 3.8) is 0 Å². The fourth-order valence-corrected chi connectivity index (χ4v) is 11.2. The number of nitrogens with zero attached hydrogens (tertiary/aromatic N) is 10. The van der Waals surface area contributed by atoms with Gasteiger partial charge in [-0.15, -0.1) is 11.3 Å². The highest BCUT2D eigenvalue weighted by Gasteiger charge is 2.42. The van der Waals surface area contributed by atoms with E-state index in [4.69, 9.17) is 5.73 Å². The van der Waals surface area contributed by atoms with Gasteiger partial charge in [-0.2, -0.15) is 5.10 Å². The molecule has 2 unspecified atom stereocenters. The molecule has 11 rings (SSSR count). The largest absolute Gasteiger partial charge is 0.371 e. The first-order chi connectivity index (χ1) is 33.4. The van der Waals surface area contributed by atoms with Gasteiger partial charge in [0.05, 0.1) is 24.1 Å². The van der Waals surface area contributed by atoms with Gasteiger partial charge in [-0.1, -0.05) is 12.1 Å². The van der Waals surface area contributed by atoms with Gasteiger partial charge in [0.2, 0.25) is 11.8 Å². The SMILES string of the molecule is Cn1nc(N2CCC(=O)NC2=O)c2ccc(N3CCCC(N)(CC(=O)N4CCN(c5ccc(-c6cc(F)c7c(c6)C(=O)N(C(C(=O)Nc6nccs6)c6ncn8c6CCC8)C7)cc5)CC4)CC3)cc21. The second-order valence-corrected chi connectivity index (χ2v) is 19.6. The Kier molecular flexibility index (Phi) is 11.4. The molecular weight excluding hydrogens is 902 g/mol. The first-order valence-electron chi connectivity index (χ1n) is 23.5. The molecule has 3 aromatic carbocycles. The molecule has 0 radical (unpaired) electrons. The van der Waals surface area contributed by atoms with Crippen molar-refractivity contribution < 1.29 is 28.4 Å². The average Bonchev–Trinajstić information content (AvgIpc) is 4.19. The van der Waals surface area contributed by atoms with Gasteiger partial charge in [-0.25, -0.2) is 19.2 Å². The molecule has 356 valence electrons. The van der Waals surface area contributed by atoms with Crippen LogP contribution >= 0.6 is 11.3 Å². The van der Waals surface area contributed by atoms with E-state index >= 15 is 4.39 Å². The van der Waals surface area contributed by atoms with Crippen LogP contribution in [0, 0.1) is 5.82 Å². The van der Waals surface area contributed by atoms with E-state index in [2.05, 4.69) is 41.6 Å². The van der Waals surface area contributed by atoms with Gasteiger partial charge in [-0.3, -0.25) is 39.4 Å². The lowest BCUT2D eigenvalue weighted by molar-refractivity contribution is -0.133. The Balaban J connectivity index is 0.706. The number of nitrogens with two attached hydrogens (primary N) is 1. The minimum absolute atomic E-state index is 0.0558. The van der Waals surface area contributed by atoms with Gasteiger partial charge in [0.25, 0.3) is 11.8 Å². The molecule has 5 aliphatic heterocycles. The highest BCUT2D eigenvalue weighted by Crippen LogP contribution is 2.39. The smallest absolute Gasteiger partial charge is 0.329 e. The van der Waals surface area contributed by atoms with Crippen LogP contribution in [-0.2, 0) is 40.9 Å². The van der Waals surface area contributed by atoms with Gasteiger partial charge < -0.3 is 29.9 Å². The standard InChI is InChI=1S/C49H52FN13O5S/c1-57-39-26-33(9-10-34(39)44(56-57)62-17-11-40(64)54-48(62)68)58-16-3-12-49(51,13-18-58)27-41(65)60-21-19-59(20-22-60)32-7-5-30(6-8-32)31-24-35-36(37(50)25-31)28-63(46(35)67)43(45(66)55-47-52-14-23-69-47)42-38-4-2-15-61(38)29-53-42/h5-10,14,23-26,29,43H,2-4,11-13,15-22,27-28,51H2,1H3,(H,52,55,66)(H,54,64,68). The number of nitrogens with one attached hydrogen (secondary N) is 2. The number of carbonyl (C=O) groups is 5. The molecule has 0 spiro atoms. The molecule has 2 atom stereocenters. The van der Waals surface area contributed by atoms with Crippen LogP contribution in [0.4, 0.5) is 31.5 Å². The van der Waals surface area contributed by atoms with Crippen molar-refractivity contribution in [3.8, 4) is 11.1 Å². The Hall–Kier alpha value is -7.19. The topological polar surface area (TPSA) is 200 Å². The first kappa shape index (κ1) is 44.3. The number of anilines is 4. The zero-order valence-electron chi connectivity index (χ0n) is 38.2. The number of thiazole rings is 1. The van der Waals surface area contributed by atoms with Crippen LogP contribution in [0.15, 0.2) is 72.5 Å². The van der Waals surface area contributed by atoms with Crippen LogP contribution in [0.3, 0.4) is 0 Å². The summed E-state index contributed by atoms with van der Waals surface area (Å²) in [6, 6.07) is 15.5. The summed E-state index contributed by atoms with van der Waals surface area (Å²) in [5.74, 6) is -1.11. The number of urea groups is 1. The van der Waals surface area contributed by atoms with Crippen LogP contribution in [0.1, 0.15) is 71.9 Å². The molecule has 3 aromatic heterocycles. The molecule has 0 bridgehead atoms. The molecule has 18 nitrogen and oxygen atoms in total. The molecule has 0 saturated carbocycles. The number of piperazine rings is 1. The van der Waals surface area contributed by atoms with E-state index in [1.54, 1.807) is 28.7 Å². The van der Waals surface area contributed by atoms with Crippen LogP contribution in [0.2, 0.25) is 0 Å². The minimum atomic E-state index is -1.06. The van der Waals surface area contributed by atoms with E-state index in [0.717, 1.165) is 72.3 Å². The van der Waals surface area contributed by atoms with E-state index in [-0.39, 0.29) is 48.9 Å². The summed E-state index contributed by atoms with van der Waals surface area (Å²) < 4.78 is 19.8. The average molecular weight is 954 g/mol. The summed E-state index contributed by atoms with van der Waals surface area (Å²) >= 11 is 1.27. The number of amides is 6. The Bertz CT molecular complexity index is 3020. The first-order valence-corrected chi connectivity index (χ1v) is 24.4. The summed E-state index contributed by atoms with van der Waals surface area (Å²) in [6.07, 6.45) is 7.64. The lowest BCUT2D eigenvalue weighted by atomic mass is 9.87. The van der Waals surface area contributed by atoms with Gasteiger partial charge in [-0.05, 0) is 85.7 Å². The van der Waals surface area contributed by atoms with Crippen molar-refractivity contribution in [2.75, 3.05) is 65.8 Å². The predicted octanol–water partition coefficient (Wildman–Crippen LogP) is 5.19. The molecule has 4 N–H and O–H groups in total. The Morgan fingerprint density at radius 3 is 2.46 bits per heavy atom. The van der Waals surface area contributed by atoms with E-state index in [0.29, 0.717) is 61.4 Å². The summed E-state index contributed by atoms with van der Waals surface area (Å²) in [7, 11) is 1.84. The van der Waals surface area contributed by atoms with E-state index in [9.17, 15) is 24.0 Å². The van der Waals surface area contributed by atoms with Gasteiger partial charge in [0, 0.05) is 123 Å². The number of fused-ring (bicyclic) bond motifs is 3. The molecule has 5 aliphatic rings. The fraction of sp³-hybridized carbons (Fsp3) is 0.388. The Morgan fingerprint density at radius 2 is 1.68 bits per heavy atom. The number of aromatic nitrogens is 5. The molecule has 8 heterocycles. The number of carbonyl (C=O) groups excluding carboxylic acids is 5. The van der Waals surface area contributed by atoms with Crippen LogP contribution in [-0.4, -0.2) is 115 Å². The third-order valence-corrected chi connectivity index (χ3v) is 15.2. The predicted molar refractivity (Wildman–Crippen MR) is 258 cm³/mol. The van der Waals surface area contributed by atoms with Gasteiger partial charge in [0.15, 0.2) is 17.0 Å². The van der Waals surface area contributed by atoms with Gasteiger partial charge in [0.1, 0.15) is 5.82 Å². The number of rotatable bonds is 10. The van der Waals surface area contributed by atoms with E-state index in [1.807, 2.05) is 52.9 Å². The summed E-state index contributed by atoms with van der Waals surface area (Å²) in [6.45, 7) is 4.88. The van der Waals surface area contributed by atoms with Crippen molar-refractivity contribution in [1.82, 2.24) is 39.4 Å². The molecule has 3 saturated heterocycles. The molecule has 20 heteroatoms. The van der Waals surface area contributed by atoms with E-state index < -0.39 is 35.2 Å². The zero-order valence-corrected chi connectivity index (χ0v) is 39.0. The molecule has 3 fully saturated rings. The second kappa shape index (κ2) is 17.7. The van der Waals surface area contributed by atoms with Crippen molar-refractivity contribution in [3.05, 3.63) is 101 Å². The molecular formula is C49H52FN13O5S. The number of hydrogen-bond acceptors (Lipinski definition) is 12. The van der Waals surface area contributed by atoms with Crippen LogP contribution < -0.4 is 31.1 Å². The fourth-order valence-electron chi connectivity index (χ4n) is 10.7. The second-order valence-electron chi connectivity index (χ2n) is 18.7. The Morgan fingerprint density at radius 1 is 0.884 bits per heavy atom. The van der Waals surface area contributed by atoms with Crippen molar-refractivity contribution >= 4 is 74.2 Å². The summed E-state index contributed by atoms with van der Waals surface area (Å²) in [5, 5.41) is 12.8. The number of benzene rings is 3. The molecule has 6 aromatic rings. The van der Waals surface area contributed by atoms with Crippen molar-refractivity contribution in [1.29, 1.82) is 0 Å². The number of hydrogen-bond donors (Lipinski definition) is 3. The third-order valence-electron chi connectivity index (χ3n) is 14.5. The maximum atomic E-state index is 16.0. The van der Waals surface area contributed by atoms with Gasteiger partial charge >= 0.3 is 6.03 Å².